The van der Waals surface area contributed by atoms with Crippen molar-refractivity contribution < 1.29 is 0 Å². The van der Waals surface area contributed by atoms with E-state index < -0.39 is 0 Å². The van der Waals surface area contributed by atoms with Crippen LogP contribution in [0.25, 0.3) is 22.4 Å². The molecule has 0 aliphatic heterocycles. The molecule has 0 amide bonds. The largest absolute Gasteiger partial charge is 0.268 e. The van der Waals surface area contributed by atoms with Gasteiger partial charge in [-0.2, -0.15) is 10.5 Å². The minimum absolute atomic E-state index is 0.145. The van der Waals surface area contributed by atoms with Gasteiger partial charge < -0.3 is 0 Å². The number of aryl methyl sites for hydroxylation is 2. The molecule has 154 valence electrons. The van der Waals surface area contributed by atoms with Crippen molar-refractivity contribution >= 4 is 28.4 Å². The Kier molecular flexibility index (Phi) is 5.75. The van der Waals surface area contributed by atoms with E-state index >= 15 is 0 Å². The van der Waals surface area contributed by atoms with E-state index in [2.05, 4.69) is 22.3 Å². The van der Waals surface area contributed by atoms with Crippen LogP contribution < -0.4 is 5.56 Å². The maximum Gasteiger partial charge on any atom is 0.267 e. The summed E-state index contributed by atoms with van der Waals surface area (Å²) < 4.78 is 3.51. The molecule has 0 saturated carbocycles. The van der Waals surface area contributed by atoms with E-state index in [1.165, 1.54) is 11.8 Å². The van der Waals surface area contributed by atoms with Crippen molar-refractivity contribution in [2.45, 2.75) is 31.8 Å². The van der Waals surface area contributed by atoms with Crippen LogP contribution in [0.5, 0.6) is 0 Å². The van der Waals surface area contributed by atoms with Gasteiger partial charge in [0.2, 0.25) is 5.78 Å². The molecular formula is C23H20N6OS. The molecule has 4 aromatic rings. The smallest absolute Gasteiger partial charge is 0.267 e. The Balaban J connectivity index is 1.93. The van der Waals surface area contributed by atoms with Gasteiger partial charge in [0.15, 0.2) is 5.16 Å². The molecule has 4 rings (SSSR count). The van der Waals surface area contributed by atoms with Gasteiger partial charge >= 0.3 is 0 Å². The van der Waals surface area contributed by atoms with Gasteiger partial charge in [0, 0.05) is 12.2 Å². The maximum atomic E-state index is 13.5. The summed E-state index contributed by atoms with van der Waals surface area (Å²) in [7, 11) is 0. The molecule has 0 fully saturated rings. The fraction of sp³-hybridized carbons (Fsp3) is 0.261. The lowest BCUT2D eigenvalue weighted by Crippen LogP contribution is -2.23. The Morgan fingerprint density at radius 2 is 1.81 bits per heavy atom. The quantitative estimate of drug-likeness (QED) is 0.427. The minimum Gasteiger partial charge on any atom is -0.268 e. The third-order valence-corrected chi connectivity index (χ3v) is 6.35. The topological polar surface area (TPSA) is 99.8 Å². The van der Waals surface area contributed by atoms with Gasteiger partial charge in [0.1, 0.15) is 0 Å². The van der Waals surface area contributed by atoms with Gasteiger partial charge in [-0.15, -0.1) is 10.2 Å². The lowest BCUT2D eigenvalue weighted by atomic mass is 10.1. The number of nitriles is 2. The first kappa shape index (κ1) is 20.6. The van der Waals surface area contributed by atoms with Gasteiger partial charge in [-0.25, -0.2) is 4.57 Å². The van der Waals surface area contributed by atoms with Gasteiger partial charge in [0.25, 0.3) is 5.56 Å². The number of nitrogens with zero attached hydrogens (tertiary/aromatic N) is 6. The minimum atomic E-state index is -0.257. The molecule has 0 aliphatic rings. The molecule has 0 radical (unpaired) electrons. The monoisotopic (exact) mass is 428 g/mol. The average Bonchev–Trinajstić information content (AvgIpc) is 3.19. The summed E-state index contributed by atoms with van der Waals surface area (Å²) >= 11 is 1.41. The van der Waals surface area contributed by atoms with E-state index in [9.17, 15) is 10.1 Å². The molecule has 1 unspecified atom stereocenters. The van der Waals surface area contributed by atoms with Crippen molar-refractivity contribution in [3.63, 3.8) is 0 Å². The van der Waals surface area contributed by atoms with Crippen LogP contribution in [0.4, 0.5) is 0 Å². The number of para-hydroxylation sites is 2. The summed E-state index contributed by atoms with van der Waals surface area (Å²) in [6.45, 7) is 3.94. The molecule has 2 aromatic heterocycles. The highest BCUT2D eigenvalue weighted by atomic mass is 32.2. The summed E-state index contributed by atoms with van der Waals surface area (Å²) in [6.07, 6.45) is 0.860. The lowest BCUT2D eigenvalue weighted by molar-refractivity contribution is 0.684. The Labute approximate surface area is 183 Å². The molecular weight excluding hydrogens is 408 g/mol. The molecule has 0 aliphatic carbocycles. The standard InChI is InChI=1S/C23H20N6OS/c1-15-7-5-8-16(2)20(15)29-21(30)18-10-3-4-11-19(18)28-22(29)26-27-23(28)31-14-17(13-25)9-6-12-24/h3-5,7-8,10-11,17H,6,9,14H2,1-2H3. The second-order valence-electron chi connectivity index (χ2n) is 7.35. The zero-order valence-corrected chi connectivity index (χ0v) is 18.1. The number of benzene rings is 2. The van der Waals surface area contributed by atoms with Crippen LogP contribution in [0.15, 0.2) is 52.4 Å². The van der Waals surface area contributed by atoms with E-state index in [-0.39, 0.29) is 11.5 Å². The van der Waals surface area contributed by atoms with Crippen LogP contribution in [0.1, 0.15) is 24.0 Å². The Morgan fingerprint density at radius 3 is 2.52 bits per heavy atom. The first-order valence-electron chi connectivity index (χ1n) is 9.91. The zero-order valence-electron chi connectivity index (χ0n) is 17.2. The van der Waals surface area contributed by atoms with E-state index in [0.717, 1.165) is 22.3 Å². The molecule has 0 spiro atoms. The van der Waals surface area contributed by atoms with E-state index in [1.807, 2.05) is 54.6 Å². The van der Waals surface area contributed by atoms with Gasteiger partial charge in [-0.05, 0) is 43.5 Å². The highest BCUT2D eigenvalue weighted by molar-refractivity contribution is 7.99. The third kappa shape index (κ3) is 3.67. The summed E-state index contributed by atoms with van der Waals surface area (Å²) in [4.78, 5) is 13.5. The number of thioether (sulfide) groups is 1. The van der Waals surface area contributed by atoms with Crippen molar-refractivity contribution in [3.05, 3.63) is 63.9 Å². The Hall–Kier alpha value is -3.62. The second kappa shape index (κ2) is 8.63. The maximum absolute atomic E-state index is 13.5. The van der Waals surface area contributed by atoms with Crippen molar-refractivity contribution in [1.29, 1.82) is 10.5 Å². The molecule has 7 nitrogen and oxygen atoms in total. The first-order valence-corrected chi connectivity index (χ1v) is 10.9. The fourth-order valence-corrected chi connectivity index (χ4v) is 4.73. The normalized spacial score (nSPS) is 12.0. The summed E-state index contributed by atoms with van der Waals surface area (Å²) in [5.41, 5.74) is 3.32. The zero-order chi connectivity index (χ0) is 22.0. The van der Waals surface area contributed by atoms with Crippen molar-refractivity contribution in [3.8, 4) is 17.8 Å². The first-order chi connectivity index (χ1) is 15.1. The predicted octanol–water partition coefficient (Wildman–Crippen LogP) is 4.19. The number of aromatic nitrogens is 4. The number of hydrogen-bond acceptors (Lipinski definition) is 6. The predicted molar refractivity (Wildman–Crippen MR) is 120 cm³/mol. The van der Waals surface area contributed by atoms with Gasteiger partial charge in [-0.3, -0.25) is 9.20 Å². The van der Waals surface area contributed by atoms with Gasteiger partial charge in [0.05, 0.1) is 34.6 Å². The van der Waals surface area contributed by atoms with Crippen LogP contribution in [-0.2, 0) is 0 Å². The summed E-state index contributed by atoms with van der Waals surface area (Å²) in [5, 5.41) is 28.1. The molecule has 31 heavy (non-hydrogen) atoms. The van der Waals surface area contributed by atoms with Crippen LogP contribution in [0, 0.1) is 42.4 Å². The Bertz CT molecular complexity index is 1400. The van der Waals surface area contributed by atoms with E-state index in [0.29, 0.717) is 34.9 Å². The average molecular weight is 429 g/mol. The van der Waals surface area contributed by atoms with Gasteiger partial charge in [-0.1, -0.05) is 42.1 Å². The van der Waals surface area contributed by atoms with E-state index in [1.54, 1.807) is 10.6 Å². The van der Waals surface area contributed by atoms with E-state index in [4.69, 9.17) is 5.26 Å². The van der Waals surface area contributed by atoms with Crippen LogP contribution >= 0.6 is 11.8 Å². The Morgan fingerprint density at radius 1 is 1.06 bits per heavy atom. The highest BCUT2D eigenvalue weighted by Crippen LogP contribution is 2.27. The van der Waals surface area contributed by atoms with Crippen LogP contribution in [0.3, 0.4) is 0 Å². The lowest BCUT2D eigenvalue weighted by Gasteiger charge is -2.15. The molecule has 2 heterocycles. The summed E-state index contributed by atoms with van der Waals surface area (Å²) in [6, 6.07) is 17.7. The number of hydrogen-bond donors (Lipinski definition) is 0. The molecule has 0 bridgehead atoms. The highest BCUT2D eigenvalue weighted by Gasteiger charge is 2.20. The molecule has 8 heteroatoms. The van der Waals surface area contributed by atoms with Crippen LogP contribution in [-0.4, -0.2) is 24.9 Å². The van der Waals surface area contributed by atoms with Crippen molar-refractivity contribution in [2.75, 3.05) is 5.75 Å². The molecule has 0 saturated heterocycles. The summed E-state index contributed by atoms with van der Waals surface area (Å²) in [5.74, 6) is 0.678. The third-order valence-electron chi connectivity index (χ3n) is 5.26. The van der Waals surface area contributed by atoms with Crippen LogP contribution in [0.2, 0.25) is 0 Å². The van der Waals surface area contributed by atoms with Crippen molar-refractivity contribution in [2.24, 2.45) is 5.92 Å². The molecule has 2 aromatic carbocycles. The molecule has 1 atom stereocenters. The van der Waals surface area contributed by atoms with Crippen molar-refractivity contribution in [1.82, 2.24) is 19.2 Å². The number of rotatable bonds is 6. The SMILES string of the molecule is Cc1cccc(C)c1-n1c(=O)c2ccccc2n2c(SCC(C#N)CCC#N)nnc12. The number of fused-ring (bicyclic) bond motifs is 3. The molecule has 0 N–H and O–H groups in total. The fourth-order valence-electron chi connectivity index (χ4n) is 3.73. The second-order valence-corrected chi connectivity index (χ2v) is 8.34.